The molecule has 8 heteroatoms. The molecule has 4 rings (SSSR count). The minimum absolute atomic E-state index is 0.00579. The number of halogens is 1. The smallest absolute Gasteiger partial charge is 0.277 e. The van der Waals surface area contributed by atoms with E-state index < -0.39 is 0 Å². The lowest BCUT2D eigenvalue weighted by Crippen LogP contribution is -2.32. The van der Waals surface area contributed by atoms with E-state index in [2.05, 4.69) is 10.3 Å². The van der Waals surface area contributed by atoms with Crippen LogP contribution in [-0.2, 0) is 4.79 Å². The molecule has 2 amide bonds. The van der Waals surface area contributed by atoms with Gasteiger partial charge in [-0.3, -0.25) is 9.59 Å². The fraction of sp³-hybridized carbons (Fsp3) is 0.375. The summed E-state index contributed by atoms with van der Waals surface area (Å²) in [5, 5.41) is 8.43. The topological polar surface area (TPSA) is 71.3 Å². The normalized spacial score (nSPS) is 17.6. The third kappa shape index (κ3) is 2.87. The molecule has 7 nitrogen and oxygen atoms in total. The number of amides is 2. The highest BCUT2D eigenvalue weighted by Gasteiger charge is 2.35. The Morgan fingerprint density at radius 3 is 2.83 bits per heavy atom. The molecular formula is C16H16ClN5O2. The van der Waals surface area contributed by atoms with Gasteiger partial charge in [-0.2, -0.15) is 0 Å². The van der Waals surface area contributed by atoms with E-state index in [-0.39, 0.29) is 24.1 Å². The van der Waals surface area contributed by atoms with Gasteiger partial charge in [0.1, 0.15) is 6.54 Å². The standard InChI is InChI=1S/C16H16ClN5O2/c17-12-3-1-2-4-14(12)22-8-13(18-19-22)16(24)21-9-15(23)20(10-21)7-11-5-6-11/h1-4,8,11H,5-7,9-10H2. The monoisotopic (exact) mass is 345 g/mol. The molecule has 2 aliphatic rings. The van der Waals surface area contributed by atoms with Crippen LogP contribution in [0.15, 0.2) is 30.5 Å². The average Bonchev–Trinajstić information content (AvgIpc) is 3.12. The number of nitrogens with zero attached hydrogens (tertiary/aromatic N) is 5. The predicted molar refractivity (Wildman–Crippen MR) is 86.7 cm³/mol. The minimum atomic E-state index is -0.292. The summed E-state index contributed by atoms with van der Waals surface area (Å²) >= 11 is 6.13. The summed E-state index contributed by atoms with van der Waals surface area (Å²) in [5.41, 5.74) is 0.856. The third-order valence-electron chi connectivity index (χ3n) is 4.29. The van der Waals surface area contributed by atoms with E-state index in [0.717, 1.165) is 6.54 Å². The second kappa shape index (κ2) is 5.90. The van der Waals surface area contributed by atoms with Gasteiger partial charge in [0.2, 0.25) is 5.91 Å². The third-order valence-corrected chi connectivity index (χ3v) is 4.61. The molecule has 24 heavy (non-hydrogen) atoms. The molecule has 2 heterocycles. The number of hydrogen-bond donors (Lipinski definition) is 0. The van der Waals surface area contributed by atoms with Gasteiger partial charge in [0, 0.05) is 6.54 Å². The molecule has 2 fully saturated rings. The molecule has 0 bridgehead atoms. The van der Waals surface area contributed by atoms with Gasteiger partial charge in [0.05, 0.1) is 23.6 Å². The number of carbonyl (C=O) groups is 2. The Balaban J connectivity index is 1.49. The predicted octanol–water partition coefficient (Wildman–Crippen LogP) is 1.57. The van der Waals surface area contributed by atoms with Crippen molar-refractivity contribution in [2.45, 2.75) is 12.8 Å². The van der Waals surface area contributed by atoms with Crippen molar-refractivity contribution in [3.8, 4) is 5.69 Å². The highest BCUT2D eigenvalue weighted by Crippen LogP contribution is 2.30. The first-order valence-electron chi connectivity index (χ1n) is 7.86. The first-order valence-corrected chi connectivity index (χ1v) is 8.24. The van der Waals surface area contributed by atoms with E-state index in [1.165, 1.54) is 28.6 Å². The Morgan fingerprint density at radius 1 is 1.29 bits per heavy atom. The van der Waals surface area contributed by atoms with E-state index in [1.54, 1.807) is 17.0 Å². The fourth-order valence-electron chi connectivity index (χ4n) is 2.78. The molecule has 1 aliphatic carbocycles. The van der Waals surface area contributed by atoms with Crippen LogP contribution in [0.2, 0.25) is 5.02 Å². The molecule has 0 unspecified atom stereocenters. The van der Waals surface area contributed by atoms with Gasteiger partial charge in [-0.05, 0) is 30.9 Å². The molecule has 0 spiro atoms. The maximum absolute atomic E-state index is 12.6. The first kappa shape index (κ1) is 15.1. The highest BCUT2D eigenvalue weighted by atomic mass is 35.5. The minimum Gasteiger partial charge on any atom is -0.323 e. The summed E-state index contributed by atoms with van der Waals surface area (Å²) in [7, 11) is 0. The molecule has 1 aromatic heterocycles. The van der Waals surface area contributed by atoms with Crippen molar-refractivity contribution < 1.29 is 9.59 Å². The van der Waals surface area contributed by atoms with Gasteiger partial charge < -0.3 is 9.80 Å². The van der Waals surface area contributed by atoms with Gasteiger partial charge in [-0.15, -0.1) is 5.10 Å². The molecule has 0 N–H and O–H groups in total. The number of carbonyl (C=O) groups excluding carboxylic acids is 2. The quantitative estimate of drug-likeness (QED) is 0.843. The maximum Gasteiger partial charge on any atom is 0.277 e. The lowest BCUT2D eigenvalue weighted by Gasteiger charge is -2.16. The Hall–Kier alpha value is -2.41. The summed E-state index contributed by atoms with van der Waals surface area (Å²) in [6, 6.07) is 7.19. The highest BCUT2D eigenvalue weighted by molar-refractivity contribution is 6.32. The molecule has 1 aromatic carbocycles. The largest absolute Gasteiger partial charge is 0.323 e. The van der Waals surface area contributed by atoms with Crippen LogP contribution in [0.25, 0.3) is 5.69 Å². The van der Waals surface area contributed by atoms with Crippen LogP contribution in [0.3, 0.4) is 0 Å². The molecular weight excluding hydrogens is 330 g/mol. The van der Waals surface area contributed by atoms with Crippen LogP contribution < -0.4 is 0 Å². The summed E-state index contributed by atoms with van der Waals surface area (Å²) in [6.07, 6.45) is 3.88. The maximum atomic E-state index is 12.6. The van der Waals surface area contributed by atoms with Crippen LogP contribution in [0.1, 0.15) is 23.3 Å². The van der Waals surface area contributed by atoms with E-state index in [0.29, 0.717) is 23.3 Å². The summed E-state index contributed by atoms with van der Waals surface area (Å²) in [5.74, 6) is 0.304. The fourth-order valence-corrected chi connectivity index (χ4v) is 3.01. The molecule has 0 atom stereocenters. The van der Waals surface area contributed by atoms with Gasteiger partial charge in [0.15, 0.2) is 5.69 Å². The van der Waals surface area contributed by atoms with Gasteiger partial charge in [-0.25, -0.2) is 4.68 Å². The molecule has 2 aromatic rings. The van der Waals surface area contributed by atoms with Crippen LogP contribution >= 0.6 is 11.6 Å². The first-order chi connectivity index (χ1) is 11.6. The van der Waals surface area contributed by atoms with Crippen molar-refractivity contribution in [2.75, 3.05) is 19.8 Å². The lowest BCUT2D eigenvalue weighted by molar-refractivity contribution is -0.126. The summed E-state index contributed by atoms with van der Waals surface area (Å²) < 4.78 is 1.47. The second-order valence-electron chi connectivity index (χ2n) is 6.20. The Morgan fingerprint density at radius 2 is 2.08 bits per heavy atom. The van der Waals surface area contributed by atoms with Gasteiger partial charge >= 0.3 is 0 Å². The van der Waals surface area contributed by atoms with Crippen molar-refractivity contribution in [3.05, 3.63) is 41.2 Å². The Kier molecular flexibility index (Phi) is 3.72. The number of rotatable bonds is 4. The van der Waals surface area contributed by atoms with Crippen LogP contribution in [0, 0.1) is 5.92 Å². The summed E-state index contributed by atoms with van der Waals surface area (Å²) in [4.78, 5) is 27.8. The number of benzene rings is 1. The van der Waals surface area contributed by atoms with Gasteiger partial charge in [-0.1, -0.05) is 28.9 Å². The molecule has 1 saturated carbocycles. The van der Waals surface area contributed by atoms with Gasteiger partial charge in [0.25, 0.3) is 5.91 Å². The van der Waals surface area contributed by atoms with E-state index in [4.69, 9.17) is 11.6 Å². The van der Waals surface area contributed by atoms with Crippen molar-refractivity contribution in [1.29, 1.82) is 0 Å². The second-order valence-corrected chi connectivity index (χ2v) is 6.61. The zero-order valence-corrected chi connectivity index (χ0v) is 13.7. The van der Waals surface area contributed by atoms with Crippen LogP contribution in [0.5, 0.6) is 0 Å². The van der Waals surface area contributed by atoms with E-state index >= 15 is 0 Å². The zero-order valence-electron chi connectivity index (χ0n) is 12.9. The number of para-hydroxylation sites is 1. The summed E-state index contributed by atoms with van der Waals surface area (Å²) in [6.45, 7) is 1.17. The zero-order chi connectivity index (χ0) is 16.7. The van der Waals surface area contributed by atoms with Crippen LogP contribution in [-0.4, -0.2) is 56.4 Å². The molecule has 124 valence electrons. The average molecular weight is 346 g/mol. The van der Waals surface area contributed by atoms with Crippen molar-refractivity contribution in [3.63, 3.8) is 0 Å². The van der Waals surface area contributed by atoms with Crippen molar-refractivity contribution >= 4 is 23.4 Å². The van der Waals surface area contributed by atoms with E-state index in [9.17, 15) is 9.59 Å². The SMILES string of the molecule is O=C1CN(C(=O)c2cn(-c3ccccc3Cl)nn2)CN1CC1CC1. The number of aromatic nitrogens is 3. The lowest BCUT2D eigenvalue weighted by atomic mass is 10.3. The van der Waals surface area contributed by atoms with E-state index in [1.807, 2.05) is 12.1 Å². The number of hydrogen-bond acceptors (Lipinski definition) is 4. The molecule has 0 radical (unpaired) electrons. The van der Waals surface area contributed by atoms with Crippen molar-refractivity contribution in [1.82, 2.24) is 24.8 Å². The van der Waals surface area contributed by atoms with Crippen LogP contribution in [0.4, 0.5) is 0 Å². The Bertz CT molecular complexity index is 801. The molecule has 1 aliphatic heterocycles. The molecule has 1 saturated heterocycles. The Labute approximate surface area is 143 Å². The van der Waals surface area contributed by atoms with Crippen molar-refractivity contribution in [2.24, 2.45) is 5.92 Å².